The van der Waals surface area contributed by atoms with Crippen molar-refractivity contribution in [2.45, 2.75) is 24.8 Å². The summed E-state index contributed by atoms with van der Waals surface area (Å²) in [7, 11) is 0. The first-order valence-electron chi connectivity index (χ1n) is 6.42. The molecule has 0 radical (unpaired) electrons. The number of fused-ring (bicyclic) bond motifs is 1. The molecular weight excluding hydrogens is 277 g/mol. The molecule has 0 fully saturated rings. The lowest BCUT2D eigenvalue weighted by atomic mass is 9.91. The average molecular weight is 292 g/mol. The van der Waals surface area contributed by atoms with Gasteiger partial charge in [-0.15, -0.1) is 0 Å². The number of nitrogens with two attached hydrogens (primary N) is 1. The van der Waals surface area contributed by atoms with E-state index < -0.39 is 0 Å². The fourth-order valence-corrected chi connectivity index (χ4v) is 3.21. The minimum atomic E-state index is 0.187. The summed E-state index contributed by atoms with van der Waals surface area (Å²) in [5.41, 5.74) is 10.2. The lowest BCUT2D eigenvalue weighted by Gasteiger charge is -2.17. The van der Waals surface area contributed by atoms with Gasteiger partial charge in [-0.2, -0.15) is 0 Å². The molecule has 1 aliphatic rings. The second-order valence-electron chi connectivity index (χ2n) is 5.13. The molecule has 0 bridgehead atoms. The van der Waals surface area contributed by atoms with E-state index in [9.17, 15) is 0 Å². The molecule has 2 aromatic carbocycles. The van der Waals surface area contributed by atoms with Crippen molar-refractivity contribution in [3.8, 4) is 0 Å². The van der Waals surface area contributed by atoms with Crippen LogP contribution in [0.4, 0.5) is 0 Å². The lowest BCUT2D eigenvalue weighted by Crippen LogP contribution is -2.26. The normalized spacial score (nSPS) is 21.4. The van der Waals surface area contributed by atoms with Crippen LogP contribution in [0, 0.1) is 0 Å². The Morgan fingerprint density at radius 1 is 1.05 bits per heavy atom. The molecule has 0 aromatic heterocycles. The van der Waals surface area contributed by atoms with E-state index in [1.54, 1.807) is 0 Å². The third-order valence-electron chi connectivity index (χ3n) is 3.87. The van der Waals surface area contributed by atoms with Gasteiger partial charge in [0.1, 0.15) is 0 Å². The van der Waals surface area contributed by atoms with Crippen molar-refractivity contribution < 1.29 is 0 Å². The molecule has 3 heteroatoms. The molecule has 2 aromatic rings. The van der Waals surface area contributed by atoms with Crippen LogP contribution in [0.15, 0.2) is 42.5 Å². The van der Waals surface area contributed by atoms with Gasteiger partial charge in [0.05, 0.1) is 10.0 Å². The molecule has 19 heavy (non-hydrogen) atoms. The molecule has 2 N–H and O–H groups in total. The van der Waals surface area contributed by atoms with Crippen LogP contribution in [0.2, 0.25) is 10.0 Å². The van der Waals surface area contributed by atoms with Crippen LogP contribution >= 0.6 is 23.2 Å². The Hall–Kier alpha value is -1.02. The zero-order valence-electron chi connectivity index (χ0n) is 10.4. The SMILES string of the molecule is N[C@H]1Cc2ccccc2[C@H]1Cc1ccc(Cl)c(Cl)c1. The zero-order valence-corrected chi connectivity index (χ0v) is 12.0. The third kappa shape index (κ3) is 2.51. The molecule has 1 nitrogen and oxygen atoms in total. The van der Waals surface area contributed by atoms with Crippen molar-refractivity contribution >= 4 is 23.2 Å². The first-order valence-corrected chi connectivity index (χ1v) is 7.18. The van der Waals surface area contributed by atoms with Gasteiger partial charge in [-0.05, 0) is 41.7 Å². The summed E-state index contributed by atoms with van der Waals surface area (Å²) >= 11 is 12.0. The van der Waals surface area contributed by atoms with Crippen LogP contribution in [0.3, 0.4) is 0 Å². The largest absolute Gasteiger partial charge is 0.327 e. The highest BCUT2D eigenvalue weighted by molar-refractivity contribution is 6.42. The Bertz CT molecular complexity index is 609. The monoisotopic (exact) mass is 291 g/mol. The minimum absolute atomic E-state index is 0.187. The van der Waals surface area contributed by atoms with E-state index in [1.165, 1.54) is 16.7 Å². The van der Waals surface area contributed by atoms with Gasteiger partial charge in [0, 0.05) is 12.0 Å². The highest BCUT2D eigenvalue weighted by Crippen LogP contribution is 2.35. The molecule has 0 aliphatic heterocycles. The second-order valence-corrected chi connectivity index (χ2v) is 5.94. The Labute approximate surface area is 123 Å². The molecule has 2 atom stereocenters. The first-order chi connectivity index (χ1) is 9.15. The van der Waals surface area contributed by atoms with E-state index in [0.717, 1.165) is 12.8 Å². The molecule has 0 heterocycles. The number of hydrogen-bond acceptors (Lipinski definition) is 1. The van der Waals surface area contributed by atoms with E-state index in [2.05, 4.69) is 24.3 Å². The van der Waals surface area contributed by atoms with Crippen molar-refractivity contribution in [3.63, 3.8) is 0 Å². The van der Waals surface area contributed by atoms with Crippen LogP contribution in [-0.2, 0) is 12.8 Å². The van der Waals surface area contributed by atoms with Crippen molar-refractivity contribution in [3.05, 3.63) is 69.2 Å². The van der Waals surface area contributed by atoms with E-state index >= 15 is 0 Å². The Morgan fingerprint density at radius 2 is 1.84 bits per heavy atom. The van der Waals surface area contributed by atoms with Gasteiger partial charge >= 0.3 is 0 Å². The molecule has 3 rings (SSSR count). The number of halogens is 2. The van der Waals surface area contributed by atoms with Crippen molar-refractivity contribution in [2.24, 2.45) is 5.73 Å². The smallest absolute Gasteiger partial charge is 0.0595 e. The fourth-order valence-electron chi connectivity index (χ4n) is 2.89. The summed E-state index contributed by atoms with van der Waals surface area (Å²) in [6, 6.07) is 14.5. The van der Waals surface area contributed by atoms with Crippen LogP contribution in [-0.4, -0.2) is 6.04 Å². The molecule has 0 unspecified atom stereocenters. The Morgan fingerprint density at radius 3 is 2.63 bits per heavy atom. The maximum absolute atomic E-state index is 6.29. The predicted molar refractivity (Wildman–Crippen MR) is 81.0 cm³/mol. The van der Waals surface area contributed by atoms with Crippen LogP contribution < -0.4 is 5.73 Å². The van der Waals surface area contributed by atoms with Gasteiger partial charge in [-0.1, -0.05) is 53.5 Å². The minimum Gasteiger partial charge on any atom is -0.327 e. The molecule has 1 aliphatic carbocycles. The Kier molecular flexibility index (Phi) is 3.53. The van der Waals surface area contributed by atoms with Gasteiger partial charge in [0.15, 0.2) is 0 Å². The van der Waals surface area contributed by atoms with E-state index in [1.807, 2.05) is 18.2 Å². The molecule has 0 saturated carbocycles. The third-order valence-corrected chi connectivity index (χ3v) is 4.61. The molecular formula is C16H15Cl2N. The van der Waals surface area contributed by atoms with Gasteiger partial charge in [0.25, 0.3) is 0 Å². The maximum atomic E-state index is 6.29. The molecule has 0 amide bonds. The number of rotatable bonds is 2. The van der Waals surface area contributed by atoms with Gasteiger partial charge in [-0.25, -0.2) is 0 Å². The number of benzene rings is 2. The van der Waals surface area contributed by atoms with Crippen molar-refractivity contribution in [2.75, 3.05) is 0 Å². The highest BCUT2D eigenvalue weighted by Gasteiger charge is 2.29. The van der Waals surface area contributed by atoms with Gasteiger partial charge in [-0.3, -0.25) is 0 Å². The topological polar surface area (TPSA) is 26.0 Å². The standard InChI is InChI=1S/C16H15Cl2N/c17-14-6-5-10(8-15(14)18)7-13-12-4-2-1-3-11(12)9-16(13)19/h1-6,8,13,16H,7,9,19H2/t13-,16+/m1/s1. The maximum Gasteiger partial charge on any atom is 0.0595 e. The average Bonchev–Trinajstić information content (AvgIpc) is 2.71. The lowest BCUT2D eigenvalue weighted by molar-refractivity contribution is 0.570. The molecule has 0 saturated heterocycles. The van der Waals surface area contributed by atoms with Gasteiger partial charge < -0.3 is 5.73 Å². The summed E-state index contributed by atoms with van der Waals surface area (Å²) in [4.78, 5) is 0. The number of hydrogen-bond donors (Lipinski definition) is 1. The zero-order chi connectivity index (χ0) is 13.4. The summed E-state index contributed by atoms with van der Waals surface area (Å²) in [6.07, 6.45) is 1.87. The molecule has 98 valence electrons. The highest BCUT2D eigenvalue weighted by atomic mass is 35.5. The Balaban J connectivity index is 1.89. The quantitative estimate of drug-likeness (QED) is 0.882. The van der Waals surface area contributed by atoms with Crippen molar-refractivity contribution in [1.29, 1.82) is 0 Å². The van der Waals surface area contributed by atoms with Crippen LogP contribution in [0.5, 0.6) is 0 Å². The van der Waals surface area contributed by atoms with E-state index in [0.29, 0.717) is 16.0 Å². The predicted octanol–water partition coefficient (Wildman–Crippen LogP) is 4.20. The molecule has 0 spiro atoms. The van der Waals surface area contributed by atoms with Crippen LogP contribution in [0.1, 0.15) is 22.6 Å². The summed E-state index contributed by atoms with van der Waals surface area (Å²) < 4.78 is 0. The summed E-state index contributed by atoms with van der Waals surface area (Å²) in [5, 5.41) is 1.21. The van der Waals surface area contributed by atoms with Gasteiger partial charge in [0.2, 0.25) is 0 Å². The van der Waals surface area contributed by atoms with E-state index in [-0.39, 0.29) is 6.04 Å². The van der Waals surface area contributed by atoms with E-state index in [4.69, 9.17) is 28.9 Å². The first kappa shape index (κ1) is 13.0. The van der Waals surface area contributed by atoms with Crippen molar-refractivity contribution in [1.82, 2.24) is 0 Å². The fraction of sp³-hybridized carbons (Fsp3) is 0.250. The summed E-state index contributed by atoms with van der Waals surface area (Å²) in [6.45, 7) is 0. The van der Waals surface area contributed by atoms with Crippen LogP contribution in [0.25, 0.3) is 0 Å². The summed E-state index contributed by atoms with van der Waals surface area (Å²) in [5.74, 6) is 0.369. The second kappa shape index (κ2) is 5.16.